The molecular formula is C20H24BrFN2. The SMILES string of the molecule is CC(C)(C)N1CCN(c2cccc(-c3cc(F)cc(Br)c3)c2)CC1. The summed E-state index contributed by atoms with van der Waals surface area (Å²) in [5.41, 5.74) is 3.38. The number of hydrogen-bond acceptors (Lipinski definition) is 2. The molecule has 0 unspecified atom stereocenters. The van der Waals surface area contributed by atoms with Crippen LogP contribution in [0, 0.1) is 5.82 Å². The highest BCUT2D eigenvalue weighted by Gasteiger charge is 2.25. The van der Waals surface area contributed by atoms with Gasteiger partial charge in [-0.15, -0.1) is 0 Å². The second-order valence-corrected chi connectivity index (χ2v) is 8.27. The van der Waals surface area contributed by atoms with Crippen molar-refractivity contribution < 1.29 is 4.39 Å². The fourth-order valence-corrected chi connectivity index (χ4v) is 3.70. The Labute approximate surface area is 152 Å². The second kappa shape index (κ2) is 6.85. The van der Waals surface area contributed by atoms with Crippen LogP contribution in [0.5, 0.6) is 0 Å². The van der Waals surface area contributed by atoms with Crippen LogP contribution in [0.25, 0.3) is 11.1 Å². The molecule has 1 fully saturated rings. The lowest BCUT2D eigenvalue weighted by Crippen LogP contribution is -2.53. The van der Waals surface area contributed by atoms with Crippen LogP contribution >= 0.6 is 15.9 Å². The summed E-state index contributed by atoms with van der Waals surface area (Å²) < 4.78 is 14.4. The molecule has 0 saturated carbocycles. The normalized spacial score (nSPS) is 16.5. The fraction of sp³-hybridized carbons (Fsp3) is 0.400. The van der Waals surface area contributed by atoms with E-state index in [9.17, 15) is 4.39 Å². The van der Waals surface area contributed by atoms with Gasteiger partial charge in [-0.25, -0.2) is 4.39 Å². The van der Waals surface area contributed by atoms with Gasteiger partial charge in [0.05, 0.1) is 0 Å². The molecule has 1 aliphatic heterocycles. The zero-order chi connectivity index (χ0) is 17.3. The maximum atomic E-state index is 13.7. The van der Waals surface area contributed by atoms with E-state index in [1.54, 1.807) is 6.07 Å². The molecule has 0 atom stereocenters. The largest absolute Gasteiger partial charge is 0.369 e. The molecule has 0 aromatic heterocycles. The molecule has 2 nitrogen and oxygen atoms in total. The number of rotatable bonds is 2. The third-order valence-electron chi connectivity index (χ3n) is 4.64. The monoisotopic (exact) mass is 390 g/mol. The van der Waals surface area contributed by atoms with E-state index in [4.69, 9.17) is 0 Å². The maximum Gasteiger partial charge on any atom is 0.124 e. The number of anilines is 1. The summed E-state index contributed by atoms with van der Waals surface area (Å²) in [5, 5.41) is 0. The highest BCUT2D eigenvalue weighted by molar-refractivity contribution is 9.10. The van der Waals surface area contributed by atoms with E-state index in [-0.39, 0.29) is 11.4 Å². The van der Waals surface area contributed by atoms with Crippen molar-refractivity contribution in [2.24, 2.45) is 0 Å². The van der Waals surface area contributed by atoms with Gasteiger partial charge in [-0.3, -0.25) is 4.90 Å². The van der Waals surface area contributed by atoms with Gasteiger partial charge in [0.1, 0.15) is 5.82 Å². The summed E-state index contributed by atoms with van der Waals surface area (Å²) in [4.78, 5) is 4.94. The molecule has 1 heterocycles. The van der Waals surface area contributed by atoms with Gasteiger partial charge in [0.25, 0.3) is 0 Å². The van der Waals surface area contributed by atoms with Crippen molar-refractivity contribution in [2.75, 3.05) is 31.1 Å². The van der Waals surface area contributed by atoms with Crippen LogP contribution in [0.1, 0.15) is 20.8 Å². The summed E-state index contributed by atoms with van der Waals surface area (Å²) in [5.74, 6) is -0.219. The number of piperazine rings is 1. The Kier molecular flexibility index (Phi) is 4.97. The first kappa shape index (κ1) is 17.4. The molecular weight excluding hydrogens is 367 g/mol. The van der Waals surface area contributed by atoms with E-state index >= 15 is 0 Å². The molecule has 1 saturated heterocycles. The van der Waals surface area contributed by atoms with Crippen LogP contribution < -0.4 is 4.90 Å². The molecule has 2 aromatic carbocycles. The van der Waals surface area contributed by atoms with Gasteiger partial charge in [0.2, 0.25) is 0 Å². The van der Waals surface area contributed by atoms with E-state index in [1.165, 1.54) is 11.8 Å². The molecule has 0 amide bonds. The highest BCUT2D eigenvalue weighted by atomic mass is 79.9. The smallest absolute Gasteiger partial charge is 0.124 e. The van der Waals surface area contributed by atoms with Gasteiger partial charge in [0, 0.05) is 41.9 Å². The fourth-order valence-electron chi connectivity index (χ4n) is 3.24. The molecule has 4 heteroatoms. The lowest BCUT2D eigenvalue weighted by atomic mass is 10.0. The van der Waals surface area contributed by atoms with Gasteiger partial charge in [-0.05, 0) is 62.2 Å². The number of halogens is 2. The first-order valence-corrected chi connectivity index (χ1v) is 9.19. The summed E-state index contributed by atoms with van der Waals surface area (Å²) >= 11 is 3.37. The molecule has 0 radical (unpaired) electrons. The van der Waals surface area contributed by atoms with Gasteiger partial charge in [-0.2, -0.15) is 0 Å². The van der Waals surface area contributed by atoms with Crippen LogP contribution in [0.4, 0.5) is 10.1 Å². The zero-order valence-electron chi connectivity index (χ0n) is 14.5. The van der Waals surface area contributed by atoms with Crippen LogP contribution in [0.3, 0.4) is 0 Å². The third-order valence-corrected chi connectivity index (χ3v) is 5.09. The predicted molar refractivity (Wildman–Crippen MR) is 103 cm³/mol. The summed E-state index contributed by atoms with van der Waals surface area (Å²) in [6.45, 7) is 11.0. The van der Waals surface area contributed by atoms with Gasteiger partial charge < -0.3 is 4.90 Å². The summed E-state index contributed by atoms with van der Waals surface area (Å²) in [7, 11) is 0. The molecule has 0 spiro atoms. The van der Waals surface area contributed by atoms with E-state index < -0.39 is 0 Å². The first-order valence-electron chi connectivity index (χ1n) is 8.39. The van der Waals surface area contributed by atoms with Crippen molar-refractivity contribution in [3.05, 3.63) is 52.8 Å². The van der Waals surface area contributed by atoms with Crippen molar-refractivity contribution in [2.45, 2.75) is 26.3 Å². The number of benzene rings is 2. The van der Waals surface area contributed by atoms with Gasteiger partial charge >= 0.3 is 0 Å². The second-order valence-electron chi connectivity index (χ2n) is 7.35. The maximum absolute atomic E-state index is 13.7. The van der Waals surface area contributed by atoms with Gasteiger partial charge in [0.15, 0.2) is 0 Å². The van der Waals surface area contributed by atoms with Crippen molar-refractivity contribution in [3.63, 3.8) is 0 Å². The van der Waals surface area contributed by atoms with E-state index in [0.717, 1.165) is 41.8 Å². The Bertz CT molecular complexity index is 696. The van der Waals surface area contributed by atoms with Crippen molar-refractivity contribution in [1.29, 1.82) is 0 Å². The average Bonchev–Trinajstić information content (AvgIpc) is 2.53. The quantitative estimate of drug-likeness (QED) is 0.697. The zero-order valence-corrected chi connectivity index (χ0v) is 16.1. The highest BCUT2D eigenvalue weighted by Crippen LogP contribution is 2.29. The van der Waals surface area contributed by atoms with Crippen LogP contribution in [-0.4, -0.2) is 36.6 Å². The van der Waals surface area contributed by atoms with E-state index in [0.29, 0.717) is 0 Å². The predicted octanol–water partition coefficient (Wildman–Crippen LogP) is 5.18. The Morgan fingerprint density at radius 3 is 2.25 bits per heavy atom. The lowest BCUT2D eigenvalue weighted by molar-refractivity contribution is 0.128. The van der Waals surface area contributed by atoms with E-state index in [2.05, 4.69) is 64.7 Å². The van der Waals surface area contributed by atoms with Crippen LogP contribution in [0.2, 0.25) is 0 Å². The van der Waals surface area contributed by atoms with Crippen molar-refractivity contribution in [1.82, 2.24) is 4.90 Å². The average molecular weight is 391 g/mol. The van der Waals surface area contributed by atoms with Gasteiger partial charge in [-0.1, -0.05) is 28.1 Å². The Balaban J connectivity index is 1.79. The topological polar surface area (TPSA) is 6.48 Å². The molecule has 0 N–H and O–H groups in total. The molecule has 0 aliphatic carbocycles. The standard InChI is InChI=1S/C20H24BrFN2/c1-20(2,3)24-9-7-23(8-10-24)19-6-4-5-15(13-19)16-11-17(21)14-18(22)12-16/h4-6,11-14H,7-10H2,1-3H3. The molecule has 3 rings (SSSR count). The van der Waals surface area contributed by atoms with Crippen molar-refractivity contribution in [3.8, 4) is 11.1 Å². The summed E-state index contributed by atoms with van der Waals surface area (Å²) in [6.07, 6.45) is 0. The molecule has 1 aliphatic rings. The van der Waals surface area contributed by atoms with Crippen molar-refractivity contribution >= 4 is 21.6 Å². The number of hydrogen-bond donors (Lipinski definition) is 0. The number of nitrogens with zero attached hydrogens (tertiary/aromatic N) is 2. The van der Waals surface area contributed by atoms with Crippen LogP contribution in [-0.2, 0) is 0 Å². The van der Waals surface area contributed by atoms with E-state index in [1.807, 2.05) is 12.1 Å². The third kappa shape index (κ3) is 3.98. The Morgan fingerprint density at radius 2 is 1.62 bits per heavy atom. The Hall–Kier alpha value is -1.39. The first-order chi connectivity index (χ1) is 11.3. The summed E-state index contributed by atoms with van der Waals surface area (Å²) in [6, 6.07) is 13.4. The minimum Gasteiger partial charge on any atom is -0.369 e. The minimum absolute atomic E-state index is 0.219. The Morgan fingerprint density at radius 1 is 0.917 bits per heavy atom. The van der Waals surface area contributed by atoms with Crippen LogP contribution in [0.15, 0.2) is 46.9 Å². The molecule has 128 valence electrons. The molecule has 24 heavy (non-hydrogen) atoms. The minimum atomic E-state index is -0.219. The lowest BCUT2D eigenvalue weighted by Gasteiger charge is -2.43. The molecule has 0 bridgehead atoms. The molecule has 2 aromatic rings.